The molecule has 106 valence electrons. The molecule has 1 fully saturated rings. The molecule has 1 atom stereocenters. The fourth-order valence-corrected chi connectivity index (χ4v) is 2.24. The quantitative estimate of drug-likeness (QED) is 0.824. The highest BCUT2D eigenvalue weighted by atomic mass is 35.5. The summed E-state index contributed by atoms with van der Waals surface area (Å²) in [5.41, 5.74) is 0. The predicted molar refractivity (Wildman–Crippen MR) is 75.8 cm³/mol. The van der Waals surface area contributed by atoms with E-state index in [0.717, 1.165) is 6.54 Å². The van der Waals surface area contributed by atoms with E-state index in [1.807, 2.05) is 0 Å². The van der Waals surface area contributed by atoms with Crippen molar-refractivity contribution < 1.29 is 4.74 Å². The Morgan fingerprint density at radius 3 is 2.74 bits per heavy atom. The first-order chi connectivity index (χ1) is 9.15. The predicted octanol–water partition coefficient (Wildman–Crippen LogP) is 1.82. The Hall–Kier alpha value is -1.14. The van der Waals surface area contributed by atoms with Crippen molar-refractivity contribution in [3.8, 4) is 0 Å². The molecule has 2 rings (SSSR count). The molecule has 0 bridgehead atoms. The molecule has 1 N–H and O–H groups in total. The fraction of sp³-hybridized carbons (Fsp3) is 0.750. The lowest BCUT2D eigenvalue weighted by Gasteiger charge is -2.29. The average molecular weight is 286 g/mol. The normalized spacial score (nSPS) is 16.2. The van der Waals surface area contributed by atoms with E-state index in [0.29, 0.717) is 30.5 Å². The molecule has 19 heavy (non-hydrogen) atoms. The molecule has 0 spiro atoms. The van der Waals surface area contributed by atoms with Gasteiger partial charge >= 0.3 is 0 Å². The van der Waals surface area contributed by atoms with Crippen LogP contribution in [0, 0.1) is 5.92 Å². The lowest BCUT2D eigenvalue weighted by atomic mass is 10.2. The minimum Gasteiger partial charge on any atom is -0.383 e. The van der Waals surface area contributed by atoms with Crippen LogP contribution in [0.25, 0.3) is 0 Å². The Morgan fingerprint density at radius 2 is 2.16 bits per heavy atom. The van der Waals surface area contributed by atoms with Gasteiger partial charge in [-0.05, 0) is 37.3 Å². The van der Waals surface area contributed by atoms with Gasteiger partial charge in [-0.2, -0.15) is 15.0 Å². The van der Waals surface area contributed by atoms with E-state index in [1.54, 1.807) is 14.2 Å². The summed E-state index contributed by atoms with van der Waals surface area (Å²) < 4.78 is 5.17. The zero-order valence-corrected chi connectivity index (χ0v) is 12.3. The highest BCUT2D eigenvalue weighted by Crippen LogP contribution is 2.36. The smallest absolute Gasteiger partial charge is 0.231 e. The van der Waals surface area contributed by atoms with Crippen molar-refractivity contribution in [3.63, 3.8) is 0 Å². The molecule has 1 heterocycles. The average Bonchev–Trinajstić information content (AvgIpc) is 3.22. The summed E-state index contributed by atoms with van der Waals surface area (Å²) in [6.07, 6.45) is 2.53. The summed E-state index contributed by atoms with van der Waals surface area (Å²) in [4.78, 5) is 14.8. The first-order valence-corrected chi connectivity index (χ1v) is 6.88. The molecule has 1 aromatic heterocycles. The third-order valence-electron chi connectivity index (χ3n) is 3.41. The summed E-state index contributed by atoms with van der Waals surface area (Å²) in [6.45, 7) is 3.58. The molecule has 1 aromatic rings. The van der Waals surface area contributed by atoms with Gasteiger partial charge in [-0.3, -0.25) is 0 Å². The first kappa shape index (κ1) is 14.3. The van der Waals surface area contributed by atoms with E-state index in [2.05, 4.69) is 32.1 Å². The van der Waals surface area contributed by atoms with Crippen molar-refractivity contribution >= 4 is 23.5 Å². The Morgan fingerprint density at radius 1 is 1.42 bits per heavy atom. The van der Waals surface area contributed by atoms with Crippen molar-refractivity contribution in [2.45, 2.75) is 25.8 Å². The highest BCUT2D eigenvalue weighted by Gasteiger charge is 2.33. The molecule has 1 unspecified atom stereocenters. The van der Waals surface area contributed by atoms with Crippen molar-refractivity contribution in [2.75, 3.05) is 37.5 Å². The molecule has 0 saturated heterocycles. The number of nitrogens with zero attached hydrogens (tertiary/aromatic N) is 4. The SMILES string of the molecule is CNc1nc(Cl)nc(N(CCOC)C(C)C2CC2)n1. The molecule has 7 heteroatoms. The second-order valence-corrected chi connectivity index (χ2v) is 5.08. The molecule has 0 radical (unpaired) electrons. The Bertz CT molecular complexity index is 427. The number of halogens is 1. The van der Waals surface area contributed by atoms with Gasteiger partial charge in [-0.15, -0.1) is 0 Å². The van der Waals surface area contributed by atoms with Crippen LogP contribution < -0.4 is 10.2 Å². The largest absolute Gasteiger partial charge is 0.383 e. The summed E-state index contributed by atoms with van der Waals surface area (Å²) in [5.74, 6) is 1.81. The van der Waals surface area contributed by atoms with Crippen molar-refractivity contribution in [3.05, 3.63) is 5.28 Å². The monoisotopic (exact) mass is 285 g/mol. The van der Waals surface area contributed by atoms with Gasteiger partial charge in [0.15, 0.2) is 0 Å². The minimum atomic E-state index is 0.208. The van der Waals surface area contributed by atoms with Gasteiger partial charge in [0.1, 0.15) is 0 Å². The van der Waals surface area contributed by atoms with Crippen molar-refractivity contribution in [1.29, 1.82) is 0 Å². The molecule has 1 aliphatic carbocycles. The first-order valence-electron chi connectivity index (χ1n) is 6.50. The van der Waals surface area contributed by atoms with Crippen LogP contribution >= 0.6 is 11.6 Å². The molecule has 0 amide bonds. The van der Waals surface area contributed by atoms with Crippen LogP contribution in [0.5, 0.6) is 0 Å². The van der Waals surface area contributed by atoms with Crippen LogP contribution in [0.3, 0.4) is 0 Å². The second-order valence-electron chi connectivity index (χ2n) is 4.74. The van der Waals surface area contributed by atoms with E-state index in [-0.39, 0.29) is 5.28 Å². The molecular formula is C12H20ClN5O. The van der Waals surface area contributed by atoms with Crippen molar-refractivity contribution in [1.82, 2.24) is 15.0 Å². The third kappa shape index (κ3) is 3.67. The van der Waals surface area contributed by atoms with E-state index >= 15 is 0 Å². The zero-order valence-electron chi connectivity index (χ0n) is 11.6. The lowest BCUT2D eigenvalue weighted by Crippen LogP contribution is -2.38. The van der Waals surface area contributed by atoms with Gasteiger partial charge in [0.05, 0.1) is 6.61 Å². The molecule has 1 aliphatic rings. The van der Waals surface area contributed by atoms with Gasteiger partial charge in [0.25, 0.3) is 0 Å². The molecule has 6 nitrogen and oxygen atoms in total. The van der Waals surface area contributed by atoms with Gasteiger partial charge in [-0.1, -0.05) is 0 Å². The maximum absolute atomic E-state index is 5.95. The molecule has 0 aliphatic heterocycles. The Balaban J connectivity index is 2.22. The van der Waals surface area contributed by atoms with Crippen molar-refractivity contribution in [2.24, 2.45) is 5.92 Å². The van der Waals surface area contributed by atoms with E-state index in [9.17, 15) is 0 Å². The number of aromatic nitrogens is 3. The minimum absolute atomic E-state index is 0.208. The van der Waals surface area contributed by atoms with Crippen LogP contribution in [0.15, 0.2) is 0 Å². The lowest BCUT2D eigenvalue weighted by molar-refractivity contribution is 0.202. The Kier molecular flexibility index (Phi) is 4.76. The molecule has 0 aromatic carbocycles. The van der Waals surface area contributed by atoms with Gasteiger partial charge in [0, 0.05) is 26.7 Å². The maximum Gasteiger partial charge on any atom is 0.231 e. The van der Waals surface area contributed by atoms with Gasteiger partial charge in [0.2, 0.25) is 17.2 Å². The summed E-state index contributed by atoms with van der Waals surface area (Å²) in [5, 5.41) is 3.11. The number of anilines is 2. The molecule has 1 saturated carbocycles. The summed E-state index contributed by atoms with van der Waals surface area (Å²) in [6, 6.07) is 0.387. The van der Waals surface area contributed by atoms with E-state index in [1.165, 1.54) is 12.8 Å². The van der Waals surface area contributed by atoms with Crippen LogP contribution in [0.2, 0.25) is 5.28 Å². The van der Waals surface area contributed by atoms with Crippen LogP contribution in [0.1, 0.15) is 19.8 Å². The van der Waals surface area contributed by atoms with Gasteiger partial charge in [-0.25, -0.2) is 0 Å². The Labute approximate surface area is 118 Å². The van der Waals surface area contributed by atoms with E-state index < -0.39 is 0 Å². The number of ether oxygens (including phenoxy) is 1. The number of hydrogen-bond donors (Lipinski definition) is 1. The third-order valence-corrected chi connectivity index (χ3v) is 3.58. The zero-order chi connectivity index (χ0) is 13.8. The summed E-state index contributed by atoms with van der Waals surface area (Å²) >= 11 is 5.95. The fourth-order valence-electron chi connectivity index (χ4n) is 2.09. The second kappa shape index (κ2) is 6.34. The van der Waals surface area contributed by atoms with Crippen LogP contribution in [-0.2, 0) is 4.74 Å². The highest BCUT2D eigenvalue weighted by molar-refractivity contribution is 6.28. The number of nitrogens with one attached hydrogen (secondary N) is 1. The molecular weight excluding hydrogens is 266 g/mol. The topological polar surface area (TPSA) is 63.2 Å². The maximum atomic E-state index is 5.95. The van der Waals surface area contributed by atoms with Crippen LogP contribution in [-0.4, -0.2) is 48.3 Å². The number of methoxy groups -OCH3 is 1. The number of hydrogen-bond acceptors (Lipinski definition) is 6. The van der Waals surface area contributed by atoms with E-state index in [4.69, 9.17) is 16.3 Å². The number of rotatable bonds is 7. The van der Waals surface area contributed by atoms with Crippen LogP contribution in [0.4, 0.5) is 11.9 Å². The van der Waals surface area contributed by atoms with Gasteiger partial charge < -0.3 is 15.0 Å². The summed E-state index contributed by atoms with van der Waals surface area (Å²) in [7, 11) is 3.46. The standard InChI is InChI=1S/C12H20ClN5O/c1-8(9-4-5-9)18(6-7-19-3)12-16-10(13)15-11(14-2)17-12/h8-9H,4-7H2,1-3H3,(H,14,15,16,17).